The van der Waals surface area contributed by atoms with E-state index in [1.165, 1.54) is 6.42 Å². The average Bonchev–Trinajstić information content (AvgIpc) is 3.13. The topological polar surface area (TPSA) is 56.1 Å². The monoisotopic (exact) mass is 393 g/mol. The van der Waals surface area contributed by atoms with Crippen molar-refractivity contribution in [2.45, 2.75) is 45.1 Å². The summed E-state index contributed by atoms with van der Waals surface area (Å²) in [5, 5.41) is 0. The van der Waals surface area contributed by atoms with Crippen LogP contribution in [0, 0.1) is 0 Å². The van der Waals surface area contributed by atoms with Gasteiger partial charge in [0.1, 0.15) is 17.2 Å². The molecule has 0 N–H and O–H groups in total. The molecule has 0 radical (unpaired) electrons. The number of benzene rings is 1. The maximum Gasteiger partial charge on any atom is 0.225 e. The minimum Gasteiger partial charge on any atom is -0.493 e. The predicted molar refractivity (Wildman–Crippen MR) is 114 cm³/mol. The molecule has 0 aliphatic heterocycles. The molecule has 2 aromatic heterocycles. The van der Waals surface area contributed by atoms with Crippen molar-refractivity contribution < 1.29 is 14.3 Å². The molecule has 0 spiro atoms. The van der Waals surface area contributed by atoms with E-state index >= 15 is 0 Å². The van der Waals surface area contributed by atoms with Gasteiger partial charge in [-0.2, -0.15) is 0 Å². The Hall–Kier alpha value is -3.02. The number of fused-ring (bicyclic) bond motifs is 1. The van der Waals surface area contributed by atoms with E-state index in [-0.39, 0.29) is 11.9 Å². The Kier molecular flexibility index (Phi) is 5.43. The van der Waals surface area contributed by atoms with Crippen molar-refractivity contribution in [3.63, 3.8) is 0 Å². The molecule has 1 aliphatic rings. The number of carbonyl (C=O) groups is 1. The molecule has 3 aromatic rings. The SMILES string of the molecule is COc1ccc(-c2nc3ccccn3c2N(C(C)=O)C2CCCCC2)cc1OC. The number of hydrogen-bond donors (Lipinski definition) is 0. The van der Waals surface area contributed by atoms with E-state index in [4.69, 9.17) is 14.5 Å². The van der Waals surface area contributed by atoms with E-state index in [2.05, 4.69) is 0 Å². The summed E-state index contributed by atoms with van der Waals surface area (Å²) in [5.74, 6) is 2.17. The minimum absolute atomic E-state index is 0.0456. The van der Waals surface area contributed by atoms with Gasteiger partial charge in [0.05, 0.1) is 14.2 Å². The molecule has 1 aliphatic carbocycles. The Labute approximate surface area is 171 Å². The van der Waals surface area contributed by atoms with Crippen LogP contribution in [0.4, 0.5) is 5.82 Å². The van der Waals surface area contributed by atoms with Crippen molar-refractivity contribution in [2.75, 3.05) is 19.1 Å². The smallest absolute Gasteiger partial charge is 0.225 e. The molecule has 0 saturated heterocycles. The molecule has 0 atom stereocenters. The number of aromatic nitrogens is 2. The number of pyridine rings is 1. The summed E-state index contributed by atoms with van der Waals surface area (Å²) in [6.45, 7) is 1.65. The molecule has 2 heterocycles. The zero-order chi connectivity index (χ0) is 20.4. The number of carbonyl (C=O) groups excluding carboxylic acids is 1. The van der Waals surface area contributed by atoms with Crippen LogP contribution >= 0.6 is 0 Å². The molecule has 1 fully saturated rings. The number of rotatable bonds is 5. The van der Waals surface area contributed by atoms with Crippen LogP contribution in [0.2, 0.25) is 0 Å². The van der Waals surface area contributed by atoms with Crippen LogP contribution in [0.1, 0.15) is 39.0 Å². The number of ether oxygens (including phenoxy) is 2. The third kappa shape index (κ3) is 3.55. The Balaban J connectivity index is 1.92. The van der Waals surface area contributed by atoms with Gasteiger partial charge < -0.3 is 9.47 Å². The van der Waals surface area contributed by atoms with Crippen molar-refractivity contribution in [1.29, 1.82) is 0 Å². The second kappa shape index (κ2) is 8.15. The number of nitrogens with zero attached hydrogens (tertiary/aromatic N) is 3. The summed E-state index contributed by atoms with van der Waals surface area (Å²) >= 11 is 0. The molecule has 29 heavy (non-hydrogen) atoms. The van der Waals surface area contributed by atoms with Gasteiger partial charge >= 0.3 is 0 Å². The van der Waals surface area contributed by atoms with Crippen molar-refractivity contribution in [1.82, 2.24) is 9.38 Å². The summed E-state index contributed by atoms with van der Waals surface area (Å²) in [4.78, 5) is 19.7. The molecule has 4 rings (SSSR count). The largest absolute Gasteiger partial charge is 0.493 e. The highest BCUT2D eigenvalue weighted by Crippen LogP contribution is 2.39. The van der Waals surface area contributed by atoms with E-state index in [1.54, 1.807) is 21.1 Å². The molecule has 0 unspecified atom stereocenters. The molecule has 1 aromatic carbocycles. The fourth-order valence-electron chi connectivity index (χ4n) is 4.31. The number of anilines is 1. The standard InChI is InChI=1S/C23H27N3O3/c1-16(27)26(18-9-5-4-6-10-18)23-22(24-21-11-7-8-14-25(21)23)17-12-13-19(28-2)20(15-17)29-3/h7-8,11-15,18H,4-6,9-10H2,1-3H3. The molecule has 1 saturated carbocycles. The summed E-state index contributed by atoms with van der Waals surface area (Å²) in [6.07, 6.45) is 7.54. The van der Waals surface area contributed by atoms with Gasteiger partial charge in [0.2, 0.25) is 5.91 Å². The zero-order valence-corrected chi connectivity index (χ0v) is 17.2. The Morgan fingerprint density at radius 3 is 2.52 bits per heavy atom. The van der Waals surface area contributed by atoms with Crippen LogP contribution in [0.3, 0.4) is 0 Å². The number of amides is 1. The zero-order valence-electron chi connectivity index (χ0n) is 17.2. The van der Waals surface area contributed by atoms with E-state index in [9.17, 15) is 4.79 Å². The molecule has 152 valence electrons. The van der Waals surface area contributed by atoms with Crippen LogP contribution in [0.25, 0.3) is 16.9 Å². The lowest BCUT2D eigenvalue weighted by Crippen LogP contribution is -2.41. The van der Waals surface area contributed by atoms with Gasteiger partial charge in [-0.05, 0) is 43.2 Å². The quantitative estimate of drug-likeness (QED) is 0.630. The van der Waals surface area contributed by atoms with Gasteiger partial charge in [-0.15, -0.1) is 0 Å². The molecule has 1 amide bonds. The van der Waals surface area contributed by atoms with Crippen LogP contribution in [-0.4, -0.2) is 35.6 Å². The molecule has 6 nitrogen and oxygen atoms in total. The highest BCUT2D eigenvalue weighted by Gasteiger charge is 2.30. The normalized spacial score (nSPS) is 14.7. The van der Waals surface area contributed by atoms with Crippen LogP contribution in [0.5, 0.6) is 11.5 Å². The third-order valence-electron chi connectivity index (χ3n) is 5.67. The van der Waals surface area contributed by atoms with E-state index in [1.807, 2.05) is 51.9 Å². The second-order valence-electron chi connectivity index (χ2n) is 7.46. The number of methoxy groups -OCH3 is 2. The van der Waals surface area contributed by atoms with Gasteiger partial charge in [0.15, 0.2) is 11.5 Å². The molecular weight excluding hydrogens is 366 g/mol. The lowest BCUT2D eigenvalue weighted by molar-refractivity contribution is -0.117. The highest BCUT2D eigenvalue weighted by molar-refractivity contribution is 5.96. The first kappa shape index (κ1) is 19.3. The third-order valence-corrected chi connectivity index (χ3v) is 5.67. The maximum atomic E-state index is 12.8. The first-order valence-corrected chi connectivity index (χ1v) is 10.1. The van der Waals surface area contributed by atoms with Gasteiger partial charge in [0, 0.05) is 24.7 Å². The van der Waals surface area contributed by atoms with Crippen LogP contribution < -0.4 is 14.4 Å². The van der Waals surface area contributed by atoms with Crippen molar-refractivity contribution >= 4 is 17.4 Å². The van der Waals surface area contributed by atoms with E-state index in [0.717, 1.165) is 48.4 Å². The predicted octanol–water partition coefficient (Wildman–Crippen LogP) is 4.70. The first-order valence-electron chi connectivity index (χ1n) is 10.1. The lowest BCUT2D eigenvalue weighted by atomic mass is 9.94. The fraction of sp³-hybridized carbons (Fsp3) is 0.391. The molecular formula is C23H27N3O3. The first-order chi connectivity index (χ1) is 14.1. The van der Waals surface area contributed by atoms with Crippen LogP contribution in [0.15, 0.2) is 42.6 Å². The summed E-state index contributed by atoms with van der Waals surface area (Å²) in [5.41, 5.74) is 2.48. The number of hydrogen-bond acceptors (Lipinski definition) is 4. The van der Waals surface area contributed by atoms with Gasteiger partial charge in [-0.25, -0.2) is 4.98 Å². The summed E-state index contributed by atoms with van der Waals surface area (Å²) in [7, 11) is 3.24. The van der Waals surface area contributed by atoms with Crippen LogP contribution in [-0.2, 0) is 4.79 Å². The van der Waals surface area contributed by atoms with Gasteiger partial charge in [0.25, 0.3) is 0 Å². The minimum atomic E-state index is 0.0456. The van der Waals surface area contributed by atoms with E-state index < -0.39 is 0 Å². The van der Waals surface area contributed by atoms with Crippen molar-refractivity contribution in [3.05, 3.63) is 42.6 Å². The van der Waals surface area contributed by atoms with Crippen molar-refractivity contribution in [3.8, 4) is 22.8 Å². The lowest BCUT2D eigenvalue weighted by Gasteiger charge is -2.33. The summed E-state index contributed by atoms with van der Waals surface area (Å²) in [6, 6.07) is 11.8. The molecule has 6 heteroatoms. The Morgan fingerprint density at radius 1 is 1.07 bits per heavy atom. The van der Waals surface area contributed by atoms with Gasteiger partial charge in [-0.1, -0.05) is 25.3 Å². The fourth-order valence-corrected chi connectivity index (χ4v) is 4.31. The Morgan fingerprint density at radius 2 is 1.83 bits per heavy atom. The number of imidazole rings is 1. The van der Waals surface area contributed by atoms with Gasteiger partial charge in [-0.3, -0.25) is 14.1 Å². The second-order valence-corrected chi connectivity index (χ2v) is 7.46. The van der Waals surface area contributed by atoms with E-state index in [0.29, 0.717) is 11.5 Å². The Bertz CT molecular complexity index is 1020. The highest BCUT2D eigenvalue weighted by atomic mass is 16.5. The molecule has 0 bridgehead atoms. The van der Waals surface area contributed by atoms with Crippen molar-refractivity contribution in [2.24, 2.45) is 0 Å². The average molecular weight is 393 g/mol. The maximum absolute atomic E-state index is 12.8. The summed E-state index contributed by atoms with van der Waals surface area (Å²) < 4.78 is 12.9.